The third kappa shape index (κ3) is 3.29. The monoisotopic (exact) mass is 338 g/mol. The topological polar surface area (TPSA) is 68.3 Å². The fraction of sp³-hybridized carbons (Fsp3) is 0.333. The zero-order chi connectivity index (χ0) is 18.9. The van der Waals surface area contributed by atoms with Crippen molar-refractivity contribution in [2.75, 3.05) is 0 Å². The first-order valence-corrected chi connectivity index (χ1v) is 8.39. The predicted octanol–water partition coefficient (Wildman–Crippen LogP) is 4.68. The van der Waals surface area contributed by atoms with E-state index in [1.165, 1.54) is 13.8 Å². The van der Waals surface area contributed by atoms with Crippen LogP contribution in [0.3, 0.4) is 0 Å². The average Bonchev–Trinajstić information content (AvgIpc) is 2.57. The van der Waals surface area contributed by atoms with E-state index in [9.17, 15) is 19.2 Å². The van der Waals surface area contributed by atoms with Gasteiger partial charge in [0.2, 0.25) is 0 Å². The number of carbonyl (C=O) groups is 4. The molecule has 2 aromatic rings. The van der Waals surface area contributed by atoms with Crippen molar-refractivity contribution in [3.63, 3.8) is 0 Å². The normalized spacial score (nSPS) is 11.0. The molecule has 0 saturated heterocycles. The molecule has 0 unspecified atom stereocenters. The van der Waals surface area contributed by atoms with Gasteiger partial charge in [0.1, 0.15) is 0 Å². The first kappa shape index (κ1) is 18.7. The SMILES string of the molecule is CCC(=O)c1ccc(C(=O)C(C)C)c2c(C(C)=O)ccc(C(C)=O)c12. The lowest BCUT2D eigenvalue weighted by Gasteiger charge is -2.16. The van der Waals surface area contributed by atoms with E-state index < -0.39 is 0 Å². The Balaban J connectivity index is 3.11. The lowest BCUT2D eigenvalue weighted by molar-refractivity contribution is 0.0938. The van der Waals surface area contributed by atoms with Crippen molar-refractivity contribution >= 4 is 33.9 Å². The minimum atomic E-state index is -0.267. The number of benzene rings is 2. The van der Waals surface area contributed by atoms with Crippen LogP contribution < -0.4 is 0 Å². The highest BCUT2D eigenvalue weighted by atomic mass is 16.1. The molecular formula is C21H22O4. The molecule has 0 aliphatic carbocycles. The number of carbonyl (C=O) groups excluding carboxylic acids is 4. The standard InChI is InChI=1S/C21H22O4/c1-6-18(24)16-9-10-17(21(25)11(2)3)20-15(13(5)23)8-7-14(12(4)22)19(16)20/h7-11H,6H2,1-5H3. The summed E-state index contributed by atoms with van der Waals surface area (Å²) in [6.45, 7) is 8.13. The summed E-state index contributed by atoms with van der Waals surface area (Å²) in [5.74, 6) is -0.935. The molecule has 0 bridgehead atoms. The molecule has 0 saturated carbocycles. The summed E-state index contributed by atoms with van der Waals surface area (Å²) in [4.78, 5) is 49.4. The van der Waals surface area contributed by atoms with Gasteiger partial charge < -0.3 is 0 Å². The lowest BCUT2D eigenvalue weighted by atomic mass is 9.85. The molecule has 0 aromatic heterocycles. The van der Waals surface area contributed by atoms with Gasteiger partial charge in [-0.15, -0.1) is 0 Å². The smallest absolute Gasteiger partial charge is 0.166 e. The molecule has 0 N–H and O–H groups in total. The number of fused-ring (bicyclic) bond motifs is 1. The maximum Gasteiger partial charge on any atom is 0.166 e. The van der Waals surface area contributed by atoms with E-state index in [-0.39, 0.29) is 35.5 Å². The molecule has 0 amide bonds. The molecule has 0 radical (unpaired) electrons. The highest BCUT2D eigenvalue weighted by Gasteiger charge is 2.24. The van der Waals surface area contributed by atoms with Crippen molar-refractivity contribution in [3.05, 3.63) is 46.5 Å². The number of hydrogen-bond donors (Lipinski definition) is 0. The molecular weight excluding hydrogens is 316 g/mol. The van der Waals surface area contributed by atoms with Crippen LogP contribution in [0, 0.1) is 5.92 Å². The van der Waals surface area contributed by atoms with E-state index >= 15 is 0 Å². The highest BCUT2D eigenvalue weighted by molar-refractivity contribution is 6.25. The van der Waals surface area contributed by atoms with Crippen LogP contribution in [-0.4, -0.2) is 23.1 Å². The van der Waals surface area contributed by atoms with E-state index in [0.717, 1.165) is 0 Å². The minimum absolute atomic E-state index is 0.122. The van der Waals surface area contributed by atoms with Gasteiger partial charge >= 0.3 is 0 Å². The maximum atomic E-state index is 12.7. The Morgan fingerprint density at radius 3 is 1.56 bits per heavy atom. The highest BCUT2D eigenvalue weighted by Crippen LogP contribution is 2.32. The van der Waals surface area contributed by atoms with Crippen LogP contribution in [0.4, 0.5) is 0 Å². The third-order valence-electron chi connectivity index (χ3n) is 4.33. The first-order chi connectivity index (χ1) is 11.7. The van der Waals surface area contributed by atoms with Gasteiger partial charge in [0.15, 0.2) is 23.1 Å². The van der Waals surface area contributed by atoms with Crippen LogP contribution in [0.2, 0.25) is 0 Å². The summed E-state index contributed by atoms with van der Waals surface area (Å²) < 4.78 is 0. The molecule has 0 aliphatic rings. The zero-order valence-corrected chi connectivity index (χ0v) is 15.2. The Hall–Kier alpha value is -2.62. The van der Waals surface area contributed by atoms with Gasteiger partial charge in [-0.05, 0) is 13.8 Å². The van der Waals surface area contributed by atoms with Gasteiger partial charge in [0.25, 0.3) is 0 Å². The van der Waals surface area contributed by atoms with Gasteiger partial charge in [-0.25, -0.2) is 0 Å². The predicted molar refractivity (Wildman–Crippen MR) is 97.7 cm³/mol. The molecule has 130 valence electrons. The Bertz CT molecular complexity index is 904. The van der Waals surface area contributed by atoms with Crippen molar-refractivity contribution < 1.29 is 19.2 Å². The van der Waals surface area contributed by atoms with E-state index in [1.54, 1.807) is 45.0 Å². The van der Waals surface area contributed by atoms with Crippen LogP contribution in [0.15, 0.2) is 24.3 Å². The van der Waals surface area contributed by atoms with Crippen LogP contribution >= 0.6 is 0 Å². The second-order valence-electron chi connectivity index (χ2n) is 6.48. The van der Waals surface area contributed by atoms with Crippen LogP contribution in [0.1, 0.15) is 82.5 Å². The molecule has 0 heterocycles. The van der Waals surface area contributed by atoms with Gasteiger partial charge in [0.05, 0.1) is 0 Å². The fourth-order valence-electron chi connectivity index (χ4n) is 3.02. The quantitative estimate of drug-likeness (QED) is 0.717. The van der Waals surface area contributed by atoms with Gasteiger partial charge in [-0.1, -0.05) is 45.0 Å². The van der Waals surface area contributed by atoms with E-state index in [4.69, 9.17) is 0 Å². The van der Waals surface area contributed by atoms with Crippen LogP contribution in [0.25, 0.3) is 10.8 Å². The lowest BCUT2D eigenvalue weighted by Crippen LogP contribution is -2.13. The molecule has 0 spiro atoms. The fourth-order valence-corrected chi connectivity index (χ4v) is 3.02. The van der Waals surface area contributed by atoms with E-state index in [1.807, 2.05) is 0 Å². The average molecular weight is 338 g/mol. The van der Waals surface area contributed by atoms with Gasteiger partial charge in [-0.2, -0.15) is 0 Å². The number of rotatable bonds is 6. The Morgan fingerprint density at radius 2 is 1.16 bits per heavy atom. The van der Waals surface area contributed by atoms with Crippen LogP contribution in [-0.2, 0) is 0 Å². The molecule has 2 rings (SSSR count). The Labute approximate surface area is 147 Å². The summed E-state index contributed by atoms with van der Waals surface area (Å²) in [7, 11) is 0. The maximum absolute atomic E-state index is 12.7. The summed E-state index contributed by atoms with van der Waals surface area (Å²) in [6, 6.07) is 6.33. The summed E-state index contributed by atoms with van der Waals surface area (Å²) in [6.07, 6.45) is 0.272. The third-order valence-corrected chi connectivity index (χ3v) is 4.33. The van der Waals surface area contributed by atoms with Crippen molar-refractivity contribution in [1.82, 2.24) is 0 Å². The molecule has 25 heavy (non-hydrogen) atoms. The molecule has 4 heteroatoms. The number of hydrogen-bond acceptors (Lipinski definition) is 4. The minimum Gasteiger partial charge on any atom is -0.294 e. The number of ketones is 4. The van der Waals surface area contributed by atoms with Gasteiger partial charge in [-0.3, -0.25) is 19.2 Å². The summed E-state index contributed by atoms with van der Waals surface area (Å²) in [5.41, 5.74) is 1.47. The summed E-state index contributed by atoms with van der Waals surface area (Å²) >= 11 is 0. The largest absolute Gasteiger partial charge is 0.294 e. The molecule has 0 fully saturated rings. The van der Waals surface area contributed by atoms with Crippen molar-refractivity contribution in [1.29, 1.82) is 0 Å². The first-order valence-electron chi connectivity index (χ1n) is 8.39. The van der Waals surface area contributed by atoms with Crippen LogP contribution in [0.5, 0.6) is 0 Å². The second kappa shape index (κ2) is 7.09. The van der Waals surface area contributed by atoms with Crippen molar-refractivity contribution in [2.45, 2.75) is 41.0 Å². The van der Waals surface area contributed by atoms with Crippen molar-refractivity contribution in [3.8, 4) is 0 Å². The van der Waals surface area contributed by atoms with E-state index in [2.05, 4.69) is 0 Å². The molecule has 4 nitrogen and oxygen atoms in total. The zero-order valence-electron chi connectivity index (χ0n) is 15.2. The molecule has 0 atom stereocenters. The van der Waals surface area contributed by atoms with Crippen molar-refractivity contribution in [2.24, 2.45) is 5.92 Å². The summed E-state index contributed by atoms with van der Waals surface area (Å²) in [5, 5.41) is 0.830. The second-order valence-corrected chi connectivity index (χ2v) is 6.48. The number of Topliss-reactive ketones (excluding diaryl/α,β-unsaturated/α-hetero) is 4. The van der Waals surface area contributed by atoms with Gasteiger partial charge in [0, 0.05) is 45.4 Å². The molecule has 0 aliphatic heterocycles. The molecule has 2 aromatic carbocycles. The van der Waals surface area contributed by atoms with E-state index in [0.29, 0.717) is 33.0 Å². The Morgan fingerprint density at radius 1 is 0.760 bits per heavy atom. The Kier molecular flexibility index (Phi) is 5.31.